The van der Waals surface area contributed by atoms with Gasteiger partial charge in [-0.25, -0.2) is 4.98 Å². The van der Waals surface area contributed by atoms with Gasteiger partial charge in [-0.05, 0) is 37.5 Å². The Morgan fingerprint density at radius 2 is 1.69 bits per heavy atom. The van der Waals surface area contributed by atoms with E-state index in [-0.39, 0.29) is 0 Å². The highest BCUT2D eigenvalue weighted by Crippen LogP contribution is 2.29. The molecule has 4 aliphatic rings. The number of fused-ring (bicyclic) bond motifs is 3. The van der Waals surface area contributed by atoms with Crippen LogP contribution in [0.5, 0.6) is 0 Å². The molecular formula is C23H33N5O. The summed E-state index contributed by atoms with van der Waals surface area (Å²) in [5, 5.41) is 0. The van der Waals surface area contributed by atoms with Gasteiger partial charge in [-0.3, -0.25) is 9.80 Å². The number of hydrogen-bond acceptors (Lipinski definition) is 5. The molecule has 0 amide bonds. The van der Waals surface area contributed by atoms with Crippen molar-refractivity contribution in [3.63, 3.8) is 0 Å². The predicted molar refractivity (Wildman–Crippen MR) is 116 cm³/mol. The van der Waals surface area contributed by atoms with Gasteiger partial charge in [0, 0.05) is 76.6 Å². The van der Waals surface area contributed by atoms with Crippen LogP contribution in [-0.2, 0) is 17.7 Å². The summed E-state index contributed by atoms with van der Waals surface area (Å²) in [6.07, 6.45) is 6.49. The van der Waals surface area contributed by atoms with E-state index < -0.39 is 0 Å². The lowest BCUT2D eigenvalue weighted by atomic mass is 9.91. The number of anilines is 1. The largest absolute Gasteiger partial charge is 0.380 e. The Balaban J connectivity index is 1.16. The highest BCUT2D eigenvalue weighted by atomic mass is 16.5. The number of hydrogen-bond donors (Lipinski definition) is 0. The van der Waals surface area contributed by atoms with Crippen molar-refractivity contribution in [2.24, 2.45) is 0 Å². The second-order valence-corrected chi connectivity index (χ2v) is 9.26. The molecule has 2 saturated heterocycles. The van der Waals surface area contributed by atoms with Gasteiger partial charge >= 0.3 is 0 Å². The quantitative estimate of drug-likeness (QED) is 0.798. The van der Waals surface area contributed by atoms with Gasteiger partial charge in [0.05, 0.1) is 17.6 Å². The first kappa shape index (κ1) is 18.2. The molecule has 6 rings (SSSR count). The van der Waals surface area contributed by atoms with Crippen LogP contribution in [0.25, 0.3) is 11.0 Å². The van der Waals surface area contributed by atoms with Crippen molar-refractivity contribution in [3.8, 4) is 0 Å². The van der Waals surface area contributed by atoms with Gasteiger partial charge in [0.25, 0.3) is 0 Å². The zero-order valence-electron chi connectivity index (χ0n) is 17.4. The van der Waals surface area contributed by atoms with Crippen molar-refractivity contribution in [1.29, 1.82) is 0 Å². The van der Waals surface area contributed by atoms with Gasteiger partial charge in [0.2, 0.25) is 0 Å². The van der Waals surface area contributed by atoms with Gasteiger partial charge < -0.3 is 14.2 Å². The summed E-state index contributed by atoms with van der Waals surface area (Å²) in [5.74, 6) is 1.28. The van der Waals surface area contributed by atoms with Gasteiger partial charge in [-0.15, -0.1) is 0 Å². The van der Waals surface area contributed by atoms with Crippen molar-refractivity contribution in [2.75, 3.05) is 57.4 Å². The van der Waals surface area contributed by atoms with Gasteiger partial charge in [0.15, 0.2) is 0 Å². The zero-order chi connectivity index (χ0) is 19.2. The van der Waals surface area contributed by atoms with Crippen LogP contribution in [0.15, 0.2) is 18.2 Å². The first-order valence-electron chi connectivity index (χ1n) is 11.6. The van der Waals surface area contributed by atoms with E-state index in [1.165, 1.54) is 61.3 Å². The molecule has 4 heterocycles. The fourth-order valence-electron chi connectivity index (χ4n) is 5.66. The van der Waals surface area contributed by atoms with Crippen molar-refractivity contribution in [1.82, 2.24) is 19.4 Å². The molecule has 0 spiro atoms. The van der Waals surface area contributed by atoms with Gasteiger partial charge in [0.1, 0.15) is 5.82 Å². The first-order chi connectivity index (χ1) is 14.3. The minimum Gasteiger partial charge on any atom is -0.380 e. The Hall–Kier alpha value is -1.63. The van der Waals surface area contributed by atoms with E-state index in [9.17, 15) is 0 Å². The Kier molecular flexibility index (Phi) is 4.74. The molecule has 2 aromatic rings. The number of benzene rings is 1. The predicted octanol–water partition coefficient (Wildman–Crippen LogP) is 2.36. The van der Waals surface area contributed by atoms with E-state index in [1.54, 1.807) is 0 Å². The topological polar surface area (TPSA) is 36.8 Å². The van der Waals surface area contributed by atoms with E-state index in [1.807, 2.05) is 0 Å². The molecule has 3 fully saturated rings. The number of imidazole rings is 1. The van der Waals surface area contributed by atoms with Crippen LogP contribution in [0, 0.1) is 0 Å². The highest BCUT2D eigenvalue weighted by molar-refractivity contribution is 5.80. The first-order valence-corrected chi connectivity index (χ1v) is 11.6. The summed E-state index contributed by atoms with van der Waals surface area (Å²) in [6, 6.07) is 8.45. The standard InChI is InChI=1S/C23H33N5O/c1-2-18(3-1)25-8-6-23-24-21-16-19(4-5-22(21)28(23)14-13-25)26-9-11-27(12-10-26)20-7-15-29-17-20/h4-5,16,18,20H,1-3,6-15,17H2. The smallest absolute Gasteiger partial charge is 0.111 e. The summed E-state index contributed by atoms with van der Waals surface area (Å²) in [7, 11) is 0. The lowest BCUT2D eigenvalue weighted by Gasteiger charge is -2.38. The molecule has 1 aliphatic carbocycles. The third-order valence-electron chi connectivity index (χ3n) is 7.74. The molecule has 1 saturated carbocycles. The minimum absolute atomic E-state index is 0.642. The number of nitrogens with zero attached hydrogens (tertiary/aromatic N) is 5. The maximum Gasteiger partial charge on any atom is 0.111 e. The Morgan fingerprint density at radius 1 is 0.862 bits per heavy atom. The fourth-order valence-corrected chi connectivity index (χ4v) is 5.66. The van der Waals surface area contributed by atoms with Gasteiger partial charge in [-0.1, -0.05) is 6.42 Å². The molecule has 1 aromatic carbocycles. The molecule has 1 atom stereocenters. The maximum absolute atomic E-state index is 5.58. The van der Waals surface area contributed by atoms with Crippen molar-refractivity contribution in [3.05, 3.63) is 24.0 Å². The third kappa shape index (κ3) is 3.35. The molecule has 1 aromatic heterocycles. The normalized spacial score (nSPS) is 27.2. The van der Waals surface area contributed by atoms with E-state index in [2.05, 4.69) is 37.5 Å². The fraction of sp³-hybridized carbons (Fsp3) is 0.696. The average Bonchev–Trinajstić information content (AvgIpc) is 3.32. The molecule has 6 heteroatoms. The monoisotopic (exact) mass is 395 g/mol. The van der Waals surface area contributed by atoms with Gasteiger partial charge in [-0.2, -0.15) is 0 Å². The van der Waals surface area contributed by atoms with Crippen LogP contribution >= 0.6 is 0 Å². The van der Waals surface area contributed by atoms with Crippen LogP contribution in [0.2, 0.25) is 0 Å². The van der Waals surface area contributed by atoms with Crippen LogP contribution in [0.1, 0.15) is 31.5 Å². The Labute approximate surface area is 173 Å². The Bertz CT molecular complexity index is 862. The zero-order valence-corrected chi connectivity index (χ0v) is 17.4. The minimum atomic E-state index is 0.642. The van der Waals surface area contributed by atoms with Crippen molar-refractivity contribution in [2.45, 2.75) is 50.7 Å². The molecular weight excluding hydrogens is 362 g/mol. The van der Waals surface area contributed by atoms with E-state index in [0.717, 1.165) is 58.4 Å². The number of aromatic nitrogens is 2. The summed E-state index contributed by atoms with van der Waals surface area (Å²) >= 11 is 0. The molecule has 1 unspecified atom stereocenters. The average molecular weight is 396 g/mol. The van der Waals surface area contributed by atoms with Crippen LogP contribution in [0.4, 0.5) is 5.69 Å². The molecule has 29 heavy (non-hydrogen) atoms. The van der Waals surface area contributed by atoms with E-state index in [4.69, 9.17) is 9.72 Å². The van der Waals surface area contributed by atoms with Crippen molar-refractivity contribution >= 4 is 16.7 Å². The summed E-state index contributed by atoms with van der Waals surface area (Å²) in [5.41, 5.74) is 3.84. The summed E-state index contributed by atoms with van der Waals surface area (Å²) in [6.45, 7) is 9.79. The van der Waals surface area contributed by atoms with E-state index in [0.29, 0.717) is 6.04 Å². The molecule has 156 valence electrons. The lowest BCUT2D eigenvalue weighted by molar-refractivity contribution is 0.130. The van der Waals surface area contributed by atoms with Crippen LogP contribution in [-0.4, -0.2) is 83.9 Å². The van der Waals surface area contributed by atoms with Crippen LogP contribution < -0.4 is 4.90 Å². The Morgan fingerprint density at radius 3 is 2.45 bits per heavy atom. The summed E-state index contributed by atoms with van der Waals surface area (Å²) in [4.78, 5) is 12.9. The summed E-state index contributed by atoms with van der Waals surface area (Å²) < 4.78 is 8.06. The molecule has 0 radical (unpaired) electrons. The number of rotatable bonds is 3. The molecule has 0 N–H and O–H groups in total. The SMILES string of the molecule is c1cc2c(cc1N1CCN(C3CCOC3)CC1)nc1n2CCN(C2CCC2)CC1. The van der Waals surface area contributed by atoms with Crippen LogP contribution in [0.3, 0.4) is 0 Å². The van der Waals surface area contributed by atoms with E-state index >= 15 is 0 Å². The number of piperazine rings is 1. The number of ether oxygens (including phenoxy) is 1. The molecule has 3 aliphatic heterocycles. The van der Waals surface area contributed by atoms with Crippen molar-refractivity contribution < 1.29 is 4.74 Å². The molecule has 6 nitrogen and oxygen atoms in total. The molecule has 0 bridgehead atoms. The second-order valence-electron chi connectivity index (χ2n) is 9.26. The highest BCUT2D eigenvalue weighted by Gasteiger charge is 2.29. The second kappa shape index (κ2) is 7.56. The lowest BCUT2D eigenvalue weighted by Crippen LogP contribution is -2.50. The third-order valence-corrected chi connectivity index (χ3v) is 7.74. The maximum atomic E-state index is 5.58.